The van der Waals surface area contributed by atoms with Gasteiger partial charge in [0.05, 0.1) is 6.61 Å². The van der Waals surface area contributed by atoms with Crippen molar-refractivity contribution in [1.82, 2.24) is 0 Å². The van der Waals surface area contributed by atoms with Crippen molar-refractivity contribution in [2.24, 2.45) is 0 Å². The Balaban J connectivity index is 3.17. The van der Waals surface area contributed by atoms with Crippen molar-refractivity contribution in [3.05, 3.63) is 0 Å². The van der Waals surface area contributed by atoms with Crippen LogP contribution in [-0.4, -0.2) is 83.8 Å². The molecule has 0 radical (unpaired) electrons. The van der Waals surface area contributed by atoms with E-state index < -0.39 is 48.7 Å². The predicted molar refractivity (Wildman–Crippen MR) is 80.2 cm³/mol. The fourth-order valence-corrected chi connectivity index (χ4v) is 2.70. The van der Waals surface area contributed by atoms with Gasteiger partial charge in [-0.1, -0.05) is 0 Å². The molecule has 1 rings (SSSR count). The summed E-state index contributed by atoms with van der Waals surface area (Å²) in [5.41, 5.74) is 0. The Morgan fingerprint density at radius 2 is 1.50 bits per heavy atom. The molecule has 0 N–H and O–H groups in total. The molecule has 1 aliphatic rings. The predicted octanol–water partition coefficient (Wildman–Crippen LogP) is -0.102. The van der Waals surface area contributed by atoms with Gasteiger partial charge in [-0.05, 0) is 0 Å². The number of methoxy groups -OCH3 is 4. The largest absolute Gasteiger partial charge is 0.455 e. The zero-order valence-corrected chi connectivity index (χ0v) is 14.8. The first kappa shape index (κ1) is 20.8. The minimum atomic E-state index is -0.974. The molecule has 0 aromatic heterocycles. The van der Waals surface area contributed by atoms with E-state index in [-0.39, 0.29) is 6.61 Å². The summed E-state index contributed by atoms with van der Waals surface area (Å²) >= 11 is 0. The molecule has 140 valence electrons. The lowest BCUT2D eigenvalue weighted by atomic mass is 9.94. The first-order valence-electron chi connectivity index (χ1n) is 7.46. The van der Waals surface area contributed by atoms with E-state index in [9.17, 15) is 9.59 Å². The van der Waals surface area contributed by atoms with Gasteiger partial charge in [-0.25, -0.2) is 0 Å². The molecule has 1 heterocycles. The Kier molecular flexibility index (Phi) is 8.57. The van der Waals surface area contributed by atoms with Gasteiger partial charge in [0.25, 0.3) is 0 Å². The SMILES string of the molecule is COC[C@@H](OC)[C@H]1O[C@@H](OC)[C@H](OC(C)=O)[C@@H](OC(C)=O)[C@@H]1OC. The monoisotopic (exact) mass is 350 g/mol. The van der Waals surface area contributed by atoms with Crippen molar-refractivity contribution in [3.8, 4) is 0 Å². The minimum Gasteiger partial charge on any atom is -0.455 e. The van der Waals surface area contributed by atoms with Crippen LogP contribution in [0.1, 0.15) is 13.8 Å². The number of hydrogen-bond acceptors (Lipinski definition) is 9. The lowest BCUT2D eigenvalue weighted by Crippen LogP contribution is -2.64. The van der Waals surface area contributed by atoms with Crippen LogP contribution in [-0.2, 0) is 42.7 Å². The van der Waals surface area contributed by atoms with E-state index in [1.165, 1.54) is 42.3 Å². The molecule has 0 spiro atoms. The summed E-state index contributed by atoms with van der Waals surface area (Å²) in [6.07, 6.45) is -4.77. The summed E-state index contributed by atoms with van der Waals surface area (Å²) in [6.45, 7) is 2.73. The molecule has 1 aliphatic heterocycles. The molecule has 9 nitrogen and oxygen atoms in total. The number of rotatable bonds is 8. The Morgan fingerprint density at radius 3 is 1.92 bits per heavy atom. The topological polar surface area (TPSA) is 98.8 Å². The second-order valence-electron chi connectivity index (χ2n) is 5.28. The van der Waals surface area contributed by atoms with Gasteiger partial charge in [0.2, 0.25) is 0 Å². The highest BCUT2D eigenvalue weighted by Crippen LogP contribution is 2.31. The van der Waals surface area contributed by atoms with Crippen LogP contribution < -0.4 is 0 Å². The Bertz CT molecular complexity index is 414. The summed E-state index contributed by atoms with van der Waals surface area (Å²) in [7, 11) is 5.86. The van der Waals surface area contributed by atoms with E-state index in [1.807, 2.05) is 0 Å². The normalized spacial score (nSPS) is 31.3. The highest BCUT2D eigenvalue weighted by molar-refractivity contribution is 5.67. The molecule has 1 fully saturated rings. The maximum Gasteiger partial charge on any atom is 0.303 e. The Labute approximate surface area is 141 Å². The molecule has 0 aliphatic carbocycles. The third-order valence-corrected chi connectivity index (χ3v) is 3.64. The minimum absolute atomic E-state index is 0.225. The van der Waals surface area contributed by atoms with Gasteiger partial charge >= 0.3 is 11.9 Å². The van der Waals surface area contributed by atoms with Gasteiger partial charge in [-0.3, -0.25) is 9.59 Å². The van der Waals surface area contributed by atoms with Crippen molar-refractivity contribution in [2.75, 3.05) is 35.0 Å². The van der Waals surface area contributed by atoms with Crippen molar-refractivity contribution in [2.45, 2.75) is 50.7 Å². The van der Waals surface area contributed by atoms with E-state index in [1.54, 1.807) is 0 Å². The van der Waals surface area contributed by atoms with Crippen LogP contribution in [0, 0.1) is 0 Å². The molecule has 0 aromatic carbocycles. The molecular formula is C15H26O9. The van der Waals surface area contributed by atoms with Gasteiger partial charge in [-0.2, -0.15) is 0 Å². The fourth-order valence-electron chi connectivity index (χ4n) is 2.70. The van der Waals surface area contributed by atoms with Gasteiger partial charge < -0.3 is 33.2 Å². The van der Waals surface area contributed by atoms with Crippen LogP contribution in [0.15, 0.2) is 0 Å². The number of ether oxygens (including phenoxy) is 7. The molecule has 24 heavy (non-hydrogen) atoms. The van der Waals surface area contributed by atoms with Gasteiger partial charge in [-0.15, -0.1) is 0 Å². The summed E-state index contributed by atoms with van der Waals surface area (Å²) in [5.74, 6) is -1.10. The molecule has 0 aromatic rings. The van der Waals surface area contributed by atoms with Crippen LogP contribution in [0.4, 0.5) is 0 Å². The first-order valence-corrected chi connectivity index (χ1v) is 7.46. The van der Waals surface area contributed by atoms with Gasteiger partial charge in [0.15, 0.2) is 18.5 Å². The third-order valence-electron chi connectivity index (χ3n) is 3.64. The maximum absolute atomic E-state index is 11.5. The molecule has 0 bridgehead atoms. The highest BCUT2D eigenvalue weighted by atomic mass is 16.7. The Morgan fingerprint density at radius 1 is 0.917 bits per heavy atom. The summed E-state index contributed by atoms with van der Waals surface area (Å²) in [6, 6.07) is 0. The number of carbonyl (C=O) groups is 2. The molecule has 6 atom stereocenters. The summed E-state index contributed by atoms with van der Waals surface area (Å²) in [4.78, 5) is 22.9. The zero-order chi connectivity index (χ0) is 18.3. The molecular weight excluding hydrogens is 324 g/mol. The number of esters is 2. The summed E-state index contributed by atoms with van der Waals surface area (Å²) < 4.78 is 37.7. The Hall–Kier alpha value is -1.26. The maximum atomic E-state index is 11.5. The first-order chi connectivity index (χ1) is 11.4. The smallest absolute Gasteiger partial charge is 0.303 e. The average molecular weight is 350 g/mol. The van der Waals surface area contributed by atoms with Crippen LogP contribution in [0.3, 0.4) is 0 Å². The molecule has 0 saturated carbocycles. The van der Waals surface area contributed by atoms with Crippen molar-refractivity contribution in [3.63, 3.8) is 0 Å². The zero-order valence-electron chi connectivity index (χ0n) is 14.8. The van der Waals surface area contributed by atoms with Crippen molar-refractivity contribution in [1.29, 1.82) is 0 Å². The molecule has 0 amide bonds. The van der Waals surface area contributed by atoms with E-state index in [2.05, 4.69) is 0 Å². The fraction of sp³-hybridized carbons (Fsp3) is 0.867. The van der Waals surface area contributed by atoms with E-state index in [0.29, 0.717) is 0 Å². The molecule has 0 unspecified atom stereocenters. The summed E-state index contributed by atoms with van der Waals surface area (Å²) in [5, 5.41) is 0. The van der Waals surface area contributed by atoms with Crippen LogP contribution in [0.25, 0.3) is 0 Å². The van der Waals surface area contributed by atoms with Crippen molar-refractivity contribution >= 4 is 11.9 Å². The van der Waals surface area contributed by atoms with Crippen LogP contribution in [0.5, 0.6) is 0 Å². The lowest BCUT2D eigenvalue weighted by Gasteiger charge is -2.45. The molecule has 1 saturated heterocycles. The second-order valence-corrected chi connectivity index (χ2v) is 5.28. The average Bonchev–Trinajstić information content (AvgIpc) is 2.53. The van der Waals surface area contributed by atoms with Gasteiger partial charge in [0.1, 0.15) is 18.3 Å². The van der Waals surface area contributed by atoms with Crippen LogP contribution >= 0.6 is 0 Å². The van der Waals surface area contributed by atoms with Crippen molar-refractivity contribution < 1.29 is 42.7 Å². The van der Waals surface area contributed by atoms with Gasteiger partial charge in [0, 0.05) is 42.3 Å². The standard InChI is InChI=1S/C15H26O9/c1-8(16)22-13-12(20-5)11(10(19-4)7-18-3)24-15(21-6)14(13)23-9(2)17/h10-15H,7H2,1-6H3/t10-,11-,12-,13+,14-,15-/m1/s1. The lowest BCUT2D eigenvalue weighted by molar-refractivity contribution is -0.315. The van der Waals surface area contributed by atoms with E-state index >= 15 is 0 Å². The highest BCUT2D eigenvalue weighted by Gasteiger charge is 2.52. The van der Waals surface area contributed by atoms with Crippen LogP contribution in [0.2, 0.25) is 0 Å². The molecule has 9 heteroatoms. The van der Waals surface area contributed by atoms with E-state index in [0.717, 1.165) is 0 Å². The second kappa shape index (κ2) is 9.90. The third kappa shape index (κ3) is 5.12. The quantitative estimate of drug-likeness (QED) is 0.556. The number of hydrogen-bond donors (Lipinski definition) is 0. The van der Waals surface area contributed by atoms with E-state index in [4.69, 9.17) is 33.2 Å². The number of carbonyl (C=O) groups excluding carboxylic acids is 2.